The Kier molecular flexibility index (Phi) is 5.62. The van der Waals surface area contributed by atoms with E-state index in [1.165, 1.54) is 18.2 Å². The van der Waals surface area contributed by atoms with E-state index in [2.05, 4.69) is 58.7 Å². The summed E-state index contributed by atoms with van der Waals surface area (Å²) in [5.41, 5.74) is 2.50. The Morgan fingerprint density at radius 3 is 2.25 bits per heavy atom. The minimum atomic E-state index is -0.159. The van der Waals surface area contributed by atoms with Crippen molar-refractivity contribution in [1.82, 2.24) is 10.2 Å². The van der Waals surface area contributed by atoms with Crippen LogP contribution in [0.4, 0.5) is 0 Å². The average Bonchev–Trinajstić information content (AvgIpc) is 2.65. The van der Waals surface area contributed by atoms with E-state index in [0.717, 1.165) is 19.6 Å². The first kappa shape index (κ1) is 16.7. The first-order chi connectivity index (χ1) is 11.8. The molecule has 1 fully saturated rings. The fourth-order valence-corrected chi connectivity index (χ4v) is 3.43. The zero-order valence-corrected chi connectivity index (χ0v) is 14.0. The lowest BCUT2D eigenvalue weighted by Gasteiger charge is -2.41. The third kappa shape index (κ3) is 3.83. The minimum Gasteiger partial charge on any atom is -0.469 e. The van der Waals surface area contributed by atoms with Crippen molar-refractivity contribution < 1.29 is 9.53 Å². The maximum atomic E-state index is 11.8. The highest BCUT2D eigenvalue weighted by Crippen LogP contribution is 2.31. The number of hydrogen-bond acceptors (Lipinski definition) is 4. The van der Waals surface area contributed by atoms with Crippen LogP contribution in [0, 0.1) is 0 Å². The number of rotatable bonds is 5. The highest BCUT2D eigenvalue weighted by atomic mass is 16.5. The van der Waals surface area contributed by atoms with Gasteiger partial charge in [0, 0.05) is 25.7 Å². The molecular weight excluding hydrogens is 300 g/mol. The number of piperazine rings is 1. The lowest BCUT2D eigenvalue weighted by molar-refractivity contribution is -0.142. The smallest absolute Gasteiger partial charge is 0.307 e. The summed E-state index contributed by atoms with van der Waals surface area (Å²) in [4.78, 5) is 14.3. The van der Waals surface area contributed by atoms with Crippen molar-refractivity contribution in [3.05, 3.63) is 71.8 Å². The molecule has 0 aliphatic carbocycles. The molecule has 0 spiro atoms. The maximum absolute atomic E-state index is 11.8. The van der Waals surface area contributed by atoms with Crippen molar-refractivity contribution in [3.63, 3.8) is 0 Å². The fraction of sp³-hybridized carbons (Fsp3) is 0.350. The van der Waals surface area contributed by atoms with E-state index in [0.29, 0.717) is 6.42 Å². The van der Waals surface area contributed by atoms with E-state index in [4.69, 9.17) is 4.74 Å². The van der Waals surface area contributed by atoms with Crippen LogP contribution in [0.2, 0.25) is 0 Å². The van der Waals surface area contributed by atoms with Gasteiger partial charge in [-0.05, 0) is 11.1 Å². The van der Waals surface area contributed by atoms with Gasteiger partial charge >= 0.3 is 5.97 Å². The van der Waals surface area contributed by atoms with Gasteiger partial charge in [0.15, 0.2) is 0 Å². The van der Waals surface area contributed by atoms with Crippen molar-refractivity contribution in [1.29, 1.82) is 0 Å². The Hall–Kier alpha value is -2.17. The summed E-state index contributed by atoms with van der Waals surface area (Å²) in [7, 11) is 1.45. The number of ether oxygens (including phenoxy) is 1. The summed E-state index contributed by atoms with van der Waals surface area (Å²) in [6, 6.07) is 21.3. The van der Waals surface area contributed by atoms with E-state index in [9.17, 15) is 4.79 Å². The first-order valence-corrected chi connectivity index (χ1v) is 8.42. The molecule has 1 unspecified atom stereocenters. The topological polar surface area (TPSA) is 41.6 Å². The Morgan fingerprint density at radius 1 is 1.12 bits per heavy atom. The van der Waals surface area contributed by atoms with Gasteiger partial charge < -0.3 is 10.1 Å². The third-order valence-corrected chi connectivity index (χ3v) is 4.59. The lowest BCUT2D eigenvalue weighted by atomic mass is 9.94. The number of esters is 1. The van der Waals surface area contributed by atoms with Gasteiger partial charge in [-0.1, -0.05) is 60.7 Å². The van der Waals surface area contributed by atoms with Gasteiger partial charge in [-0.15, -0.1) is 0 Å². The second kappa shape index (κ2) is 8.08. The van der Waals surface area contributed by atoms with Crippen LogP contribution in [0.25, 0.3) is 0 Å². The van der Waals surface area contributed by atoms with Gasteiger partial charge in [0.2, 0.25) is 0 Å². The van der Waals surface area contributed by atoms with Crippen LogP contribution in [0.1, 0.15) is 23.6 Å². The van der Waals surface area contributed by atoms with Crippen molar-refractivity contribution >= 4 is 5.97 Å². The molecule has 1 aliphatic rings. The summed E-state index contributed by atoms with van der Waals surface area (Å²) in [6.45, 7) is 2.62. The number of carbonyl (C=O) groups excluding carboxylic acids is 1. The first-order valence-electron chi connectivity index (χ1n) is 8.42. The molecule has 1 atom stereocenters. The second-order valence-electron chi connectivity index (χ2n) is 6.10. The van der Waals surface area contributed by atoms with Gasteiger partial charge in [-0.3, -0.25) is 9.69 Å². The molecule has 0 saturated carbocycles. The number of nitrogens with one attached hydrogen (secondary N) is 1. The summed E-state index contributed by atoms with van der Waals surface area (Å²) < 4.78 is 4.90. The number of benzene rings is 2. The fourth-order valence-electron chi connectivity index (χ4n) is 3.43. The molecule has 1 saturated heterocycles. The zero-order chi connectivity index (χ0) is 16.8. The molecule has 0 amide bonds. The minimum absolute atomic E-state index is 0.122. The highest BCUT2D eigenvalue weighted by molar-refractivity contribution is 5.70. The second-order valence-corrected chi connectivity index (χ2v) is 6.10. The maximum Gasteiger partial charge on any atom is 0.307 e. The summed E-state index contributed by atoms with van der Waals surface area (Å²) in [5.74, 6) is -0.159. The van der Waals surface area contributed by atoms with Crippen LogP contribution < -0.4 is 5.32 Å². The molecule has 0 bridgehead atoms. The monoisotopic (exact) mass is 324 g/mol. The molecule has 3 rings (SSSR count). The predicted molar refractivity (Wildman–Crippen MR) is 94.7 cm³/mol. The van der Waals surface area contributed by atoms with Gasteiger partial charge in [0.25, 0.3) is 0 Å². The Balaban J connectivity index is 1.95. The van der Waals surface area contributed by atoms with Crippen molar-refractivity contribution in [2.75, 3.05) is 26.7 Å². The van der Waals surface area contributed by atoms with E-state index in [1.54, 1.807) is 0 Å². The SMILES string of the molecule is COC(=O)CC1CNCCN1C(c1ccccc1)c1ccccc1. The molecule has 24 heavy (non-hydrogen) atoms. The molecule has 1 N–H and O–H groups in total. The van der Waals surface area contributed by atoms with Gasteiger partial charge in [-0.2, -0.15) is 0 Å². The van der Waals surface area contributed by atoms with Gasteiger partial charge in [-0.25, -0.2) is 0 Å². The molecule has 1 heterocycles. The molecular formula is C20H24N2O2. The quantitative estimate of drug-likeness (QED) is 0.859. The molecule has 4 heteroatoms. The largest absolute Gasteiger partial charge is 0.469 e. The van der Waals surface area contributed by atoms with E-state index >= 15 is 0 Å². The molecule has 126 valence electrons. The van der Waals surface area contributed by atoms with Crippen molar-refractivity contribution in [2.24, 2.45) is 0 Å². The van der Waals surface area contributed by atoms with Crippen molar-refractivity contribution in [3.8, 4) is 0 Å². The van der Waals surface area contributed by atoms with Crippen LogP contribution in [-0.4, -0.2) is 43.7 Å². The van der Waals surface area contributed by atoms with Crippen LogP contribution >= 0.6 is 0 Å². The van der Waals surface area contributed by atoms with Crippen LogP contribution in [0.15, 0.2) is 60.7 Å². The molecule has 0 radical (unpaired) electrons. The summed E-state index contributed by atoms with van der Waals surface area (Å²) >= 11 is 0. The Labute approximate surface area is 143 Å². The van der Waals surface area contributed by atoms with Crippen LogP contribution in [0.3, 0.4) is 0 Å². The standard InChI is InChI=1S/C20H24N2O2/c1-24-19(23)14-18-15-21-12-13-22(18)20(16-8-4-2-5-9-16)17-10-6-3-7-11-17/h2-11,18,20-21H,12-15H2,1H3. The number of methoxy groups -OCH3 is 1. The molecule has 2 aromatic rings. The predicted octanol–water partition coefficient (Wildman–Crippen LogP) is 2.61. The van der Waals surface area contributed by atoms with Crippen molar-refractivity contribution in [2.45, 2.75) is 18.5 Å². The summed E-state index contributed by atoms with van der Waals surface area (Å²) in [5, 5.41) is 3.40. The van der Waals surface area contributed by atoms with Crippen LogP contribution in [0.5, 0.6) is 0 Å². The van der Waals surface area contributed by atoms with E-state index in [-0.39, 0.29) is 18.1 Å². The molecule has 1 aliphatic heterocycles. The van der Waals surface area contributed by atoms with E-state index in [1.807, 2.05) is 12.1 Å². The molecule has 2 aromatic carbocycles. The highest BCUT2D eigenvalue weighted by Gasteiger charge is 2.32. The lowest BCUT2D eigenvalue weighted by Crippen LogP contribution is -2.53. The molecule has 4 nitrogen and oxygen atoms in total. The van der Waals surface area contributed by atoms with E-state index < -0.39 is 0 Å². The normalized spacial score (nSPS) is 18.5. The van der Waals surface area contributed by atoms with Crippen LogP contribution in [-0.2, 0) is 9.53 Å². The number of carbonyl (C=O) groups is 1. The molecule has 0 aromatic heterocycles. The third-order valence-electron chi connectivity index (χ3n) is 4.59. The summed E-state index contributed by atoms with van der Waals surface area (Å²) in [6.07, 6.45) is 0.402. The number of nitrogens with zero attached hydrogens (tertiary/aromatic N) is 1. The Bertz CT molecular complexity index is 606. The van der Waals surface area contributed by atoms with Gasteiger partial charge in [0.1, 0.15) is 0 Å². The average molecular weight is 324 g/mol. The zero-order valence-electron chi connectivity index (χ0n) is 14.0. The number of hydrogen-bond donors (Lipinski definition) is 1. The van der Waals surface area contributed by atoms with Gasteiger partial charge in [0.05, 0.1) is 19.6 Å². The Morgan fingerprint density at radius 2 is 1.71 bits per heavy atom.